The normalized spacial score (nSPS) is 17.4. The Balaban J connectivity index is 4.75. The van der Waals surface area contributed by atoms with Crippen LogP contribution in [0.15, 0.2) is 0 Å². The molecular formula is C8H20O3SSi. The van der Waals surface area contributed by atoms with Gasteiger partial charge < -0.3 is 0 Å². The summed E-state index contributed by atoms with van der Waals surface area (Å²) < 4.78 is 30.7. The molecule has 1 atom stereocenters. The van der Waals surface area contributed by atoms with Crippen LogP contribution in [0.25, 0.3) is 0 Å². The van der Waals surface area contributed by atoms with Gasteiger partial charge in [0.25, 0.3) is 10.1 Å². The van der Waals surface area contributed by atoms with E-state index >= 15 is 0 Å². The quantitative estimate of drug-likeness (QED) is 0.573. The highest BCUT2D eigenvalue weighted by Gasteiger charge is 2.40. The molecule has 0 saturated heterocycles. The van der Waals surface area contributed by atoms with Crippen molar-refractivity contribution in [3.8, 4) is 0 Å². The predicted molar refractivity (Wildman–Crippen MR) is 58.4 cm³/mol. The minimum atomic E-state index is -3.87. The minimum Gasteiger partial charge on any atom is -0.285 e. The van der Waals surface area contributed by atoms with Crippen LogP contribution in [-0.2, 0) is 10.1 Å². The van der Waals surface area contributed by atoms with Gasteiger partial charge in [0, 0.05) is 0 Å². The lowest BCUT2D eigenvalue weighted by Crippen LogP contribution is -2.46. The lowest BCUT2D eigenvalue weighted by molar-refractivity contribution is 0.451. The summed E-state index contributed by atoms with van der Waals surface area (Å²) in [5.41, 5.74) is 0. The summed E-state index contributed by atoms with van der Waals surface area (Å²) in [5, 5.41) is 0. The first kappa shape index (κ1) is 13.1. The van der Waals surface area contributed by atoms with E-state index in [2.05, 4.69) is 0 Å². The molecule has 3 nitrogen and oxygen atoms in total. The Labute approximate surface area is 82.9 Å². The number of hydrogen-bond donors (Lipinski definition) is 1. The summed E-state index contributed by atoms with van der Waals surface area (Å²) in [7, 11) is -5.27. The van der Waals surface area contributed by atoms with E-state index in [9.17, 15) is 8.42 Å². The summed E-state index contributed by atoms with van der Waals surface area (Å²) in [6, 6.07) is 0. The molecule has 13 heavy (non-hydrogen) atoms. The second-order valence-electron chi connectivity index (χ2n) is 4.05. The van der Waals surface area contributed by atoms with Crippen molar-refractivity contribution in [1.29, 1.82) is 0 Å². The highest BCUT2D eigenvalue weighted by molar-refractivity contribution is 7.89. The first-order chi connectivity index (χ1) is 5.75. The van der Waals surface area contributed by atoms with Gasteiger partial charge in [-0.2, -0.15) is 8.42 Å². The standard InChI is InChI=1S/C8H20O3SSi/c1-5-6-7-8(2,13(3)4)12(9,10)11/h13H,5-7H2,1-4H3,(H,9,10,11). The molecular weight excluding hydrogens is 204 g/mol. The van der Waals surface area contributed by atoms with Gasteiger partial charge in [-0.15, -0.1) is 0 Å². The van der Waals surface area contributed by atoms with Crippen molar-refractivity contribution >= 4 is 18.9 Å². The molecule has 0 bridgehead atoms. The van der Waals surface area contributed by atoms with Gasteiger partial charge in [0.2, 0.25) is 0 Å². The van der Waals surface area contributed by atoms with Gasteiger partial charge in [-0.05, 0) is 13.3 Å². The first-order valence-corrected chi connectivity index (χ1v) is 9.05. The van der Waals surface area contributed by atoms with E-state index in [1.54, 1.807) is 6.92 Å². The minimum absolute atomic E-state index is 0.590. The highest BCUT2D eigenvalue weighted by atomic mass is 32.2. The van der Waals surface area contributed by atoms with Gasteiger partial charge in [-0.1, -0.05) is 32.9 Å². The number of unbranched alkanes of at least 4 members (excludes halogenated alkanes) is 1. The van der Waals surface area contributed by atoms with Crippen molar-refractivity contribution in [2.45, 2.75) is 50.6 Å². The third-order valence-corrected chi connectivity index (χ3v) is 9.26. The summed E-state index contributed by atoms with van der Waals surface area (Å²) in [6.07, 6.45) is 2.42. The maximum atomic E-state index is 11.2. The molecule has 80 valence electrons. The zero-order chi connectivity index (χ0) is 10.7. The second-order valence-corrected chi connectivity index (χ2v) is 9.93. The second kappa shape index (κ2) is 4.57. The molecule has 0 fully saturated rings. The maximum absolute atomic E-state index is 11.2. The predicted octanol–water partition coefficient (Wildman–Crippen LogP) is 1.85. The van der Waals surface area contributed by atoms with Crippen molar-refractivity contribution < 1.29 is 13.0 Å². The Hall–Kier alpha value is 0.127. The van der Waals surface area contributed by atoms with Crippen molar-refractivity contribution in [2.75, 3.05) is 0 Å². The lowest BCUT2D eigenvalue weighted by Gasteiger charge is -2.29. The molecule has 5 heteroatoms. The van der Waals surface area contributed by atoms with Crippen LogP contribution in [0.3, 0.4) is 0 Å². The Morgan fingerprint density at radius 2 is 1.85 bits per heavy atom. The third-order valence-electron chi connectivity index (χ3n) is 2.84. The Morgan fingerprint density at radius 3 is 2.08 bits per heavy atom. The van der Waals surface area contributed by atoms with Gasteiger partial charge in [0.1, 0.15) is 0 Å². The van der Waals surface area contributed by atoms with Crippen molar-refractivity contribution in [3.05, 3.63) is 0 Å². The average Bonchev–Trinajstić information content (AvgIpc) is 1.97. The summed E-state index contributed by atoms with van der Waals surface area (Å²) in [6.45, 7) is 7.62. The monoisotopic (exact) mass is 224 g/mol. The van der Waals surface area contributed by atoms with Crippen LogP contribution in [0.5, 0.6) is 0 Å². The molecule has 0 aliphatic rings. The van der Waals surface area contributed by atoms with Gasteiger partial charge in [-0.25, -0.2) is 0 Å². The van der Waals surface area contributed by atoms with Crippen LogP contribution in [-0.4, -0.2) is 26.1 Å². The van der Waals surface area contributed by atoms with Crippen molar-refractivity contribution in [2.24, 2.45) is 0 Å². The molecule has 0 rings (SSSR count). The van der Waals surface area contributed by atoms with Crippen LogP contribution in [0.2, 0.25) is 13.1 Å². The largest absolute Gasteiger partial charge is 0.285 e. The van der Waals surface area contributed by atoms with Crippen molar-refractivity contribution in [1.82, 2.24) is 0 Å². The molecule has 0 aliphatic carbocycles. The zero-order valence-corrected chi connectivity index (χ0v) is 10.8. The molecule has 0 aromatic rings. The van der Waals surface area contributed by atoms with Crippen LogP contribution >= 0.6 is 0 Å². The van der Waals surface area contributed by atoms with Crippen LogP contribution in [0.4, 0.5) is 0 Å². The van der Waals surface area contributed by atoms with E-state index in [4.69, 9.17) is 4.55 Å². The molecule has 0 heterocycles. The van der Waals surface area contributed by atoms with Gasteiger partial charge in [0.15, 0.2) is 0 Å². The molecule has 1 unspecified atom stereocenters. The lowest BCUT2D eigenvalue weighted by atomic mass is 10.2. The fraction of sp³-hybridized carbons (Fsp3) is 1.00. The SMILES string of the molecule is CCCCC(C)([SiH](C)C)S(=O)(=O)O. The molecule has 0 amide bonds. The van der Waals surface area contributed by atoms with E-state index in [-0.39, 0.29) is 0 Å². The number of hydrogen-bond acceptors (Lipinski definition) is 2. The van der Waals surface area contributed by atoms with E-state index in [0.29, 0.717) is 6.42 Å². The summed E-state index contributed by atoms with van der Waals surface area (Å²) in [5.74, 6) is 0. The smallest absolute Gasteiger partial charge is 0.267 e. The molecule has 0 spiro atoms. The Morgan fingerprint density at radius 1 is 1.38 bits per heavy atom. The fourth-order valence-electron chi connectivity index (χ4n) is 1.24. The van der Waals surface area contributed by atoms with Gasteiger partial charge in [0.05, 0.1) is 13.2 Å². The van der Waals surface area contributed by atoms with Crippen LogP contribution < -0.4 is 0 Å². The van der Waals surface area contributed by atoms with Gasteiger partial charge in [-0.3, -0.25) is 4.55 Å². The van der Waals surface area contributed by atoms with E-state index in [1.807, 2.05) is 20.0 Å². The van der Waals surface area contributed by atoms with E-state index in [0.717, 1.165) is 12.8 Å². The highest BCUT2D eigenvalue weighted by Crippen LogP contribution is 2.26. The van der Waals surface area contributed by atoms with Crippen LogP contribution in [0, 0.1) is 0 Å². The van der Waals surface area contributed by atoms with E-state index < -0.39 is 23.3 Å². The molecule has 0 radical (unpaired) electrons. The van der Waals surface area contributed by atoms with Crippen molar-refractivity contribution in [3.63, 3.8) is 0 Å². The number of rotatable bonds is 5. The molecule has 0 aromatic carbocycles. The summed E-state index contributed by atoms with van der Waals surface area (Å²) in [4.78, 5) is 0. The fourth-order valence-corrected chi connectivity index (χ4v) is 4.81. The molecule has 0 aromatic heterocycles. The van der Waals surface area contributed by atoms with Crippen LogP contribution in [0.1, 0.15) is 33.1 Å². The summed E-state index contributed by atoms with van der Waals surface area (Å²) >= 11 is 0. The molecule has 0 saturated carbocycles. The van der Waals surface area contributed by atoms with E-state index in [1.165, 1.54) is 0 Å². The van der Waals surface area contributed by atoms with Gasteiger partial charge >= 0.3 is 0 Å². The Bertz CT molecular complexity index is 248. The first-order valence-electron chi connectivity index (χ1n) is 4.72. The average molecular weight is 224 g/mol. The zero-order valence-electron chi connectivity index (χ0n) is 8.87. The maximum Gasteiger partial charge on any atom is 0.267 e. The third kappa shape index (κ3) is 3.07. The Kier molecular flexibility index (Phi) is 4.61. The topological polar surface area (TPSA) is 54.4 Å². The molecule has 1 N–H and O–H groups in total. The molecule has 0 aliphatic heterocycles.